The van der Waals surface area contributed by atoms with Crippen molar-refractivity contribution in [3.63, 3.8) is 0 Å². The van der Waals surface area contributed by atoms with Crippen LogP contribution in [0, 0.1) is 0 Å². The van der Waals surface area contributed by atoms with E-state index in [4.69, 9.17) is 0 Å². The molecule has 0 nitrogen and oxygen atoms in total. The maximum atomic E-state index is 2.43. The van der Waals surface area contributed by atoms with Gasteiger partial charge in [0.05, 0.1) is 0 Å². The predicted octanol–water partition coefficient (Wildman–Crippen LogP) is 25.1. The van der Waals surface area contributed by atoms with E-state index in [0.717, 1.165) is 0 Å². The van der Waals surface area contributed by atoms with Crippen LogP contribution < -0.4 is 0 Å². The number of rotatable bonds is 10. The second kappa shape index (κ2) is 21.0. The van der Waals surface area contributed by atoms with Crippen LogP contribution in [-0.4, -0.2) is 0 Å². The van der Waals surface area contributed by atoms with Crippen LogP contribution in [-0.2, 0) is 0 Å². The van der Waals surface area contributed by atoms with Gasteiger partial charge in [0.1, 0.15) is 0 Å². The zero-order valence-corrected chi connectivity index (χ0v) is 49.3. The normalized spacial score (nSPS) is 11.8. The Balaban J connectivity index is 0.837. The molecule has 0 heteroatoms. The third-order valence-electron chi connectivity index (χ3n) is 19.1. The van der Waals surface area contributed by atoms with Gasteiger partial charge in [-0.05, 0) is 200 Å². The Morgan fingerprint density at radius 3 is 0.600 bits per heavy atom. The summed E-state index contributed by atoms with van der Waals surface area (Å²) in [5, 5.41) is 7.51. The molecule has 0 aromatic heterocycles. The monoisotopic (exact) mass is 1140 g/mol. The van der Waals surface area contributed by atoms with E-state index in [-0.39, 0.29) is 0 Å². The van der Waals surface area contributed by atoms with Crippen molar-refractivity contribution in [3.05, 3.63) is 340 Å². The van der Waals surface area contributed by atoms with Crippen LogP contribution >= 0.6 is 0 Å². The highest BCUT2D eigenvalue weighted by atomic mass is 14.4. The molecule has 16 aromatic rings. The molecule has 0 saturated carbocycles. The Morgan fingerprint density at radius 1 is 0.122 bits per heavy atom. The van der Waals surface area contributed by atoms with Gasteiger partial charge in [0.15, 0.2) is 0 Å². The minimum atomic E-state index is 1.20. The molecule has 416 valence electrons. The average molecular weight is 1140 g/mol. The Labute approximate surface area is 524 Å². The first-order valence-electron chi connectivity index (χ1n) is 31.3. The van der Waals surface area contributed by atoms with E-state index in [1.54, 1.807) is 0 Å². The third kappa shape index (κ3) is 8.02. The van der Waals surface area contributed by atoms with Gasteiger partial charge < -0.3 is 0 Å². The van der Waals surface area contributed by atoms with Crippen molar-refractivity contribution >= 4 is 32.3 Å². The smallest absolute Gasteiger partial charge is 0.000718 e. The zero-order valence-electron chi connectivity index (χ0n) is 49.3. The average Bonchev–Trinajstić information content (AvgIpc) is 1.65. The van der Waals surface area contributed by atoms with Gasteiger partial charge in [0.2, 0.25) is 0 Å². The van der Waals surface area contributed by atoms with Gasteiger partial charge in [-0.1, -0.05) is 328 Å². The maximum Gasteiger partial charge on any atom is -0.000718 e. The van der Waals surface area contributed by atoms with Crippen molar-refractivity contribution < 1.29 is 0 Å². The number of fused-ring (bicyclic) bond motifs is 7. The molecule has 0 saturated heterocycles. The molecule has 0 heterocycles. The molecule has 2 aliphatic rings. The number of hydrogen-bond donors (Lipinski definition) is 0. The molecule has 0 radical (unpaired) electrons. The molecule has 18 rings (SSSR count). The second-order valence-corrected chi connectivity index (χ2v) is 24.0. The van der Waals surface area contributed by atoms with E-state index >= 15 is 0 Å². The lowest BCUT2D eigenvalue weighted by molar-refractivity contribution is 1.54. The SMILES string of the molecule is c1ccc(-c2c(-c3ccccc3)c(-c3ccccc3)c3c(c2-c2ccccc2)-c2cccc4c(-c5ccc6ccc(-c7ccc8c9c(cccc79)-c7c(-c9ccccc9)c(-c9ccccc9)c(-c9ccccc9)c(-c9ccccc9)c7-8)cc6c5)ccc-3c24)cc1. The molecule has 0 atom stereocenters. The summed E-state index contributed by atoms with van der Waals surface area (Å²) in [6, 6.07) is 127. The summed E-state index contributed by atoms with van der Waals surface area (Å²) in [5.41, 5.74) is 34.6. The topological polar surface area (TPSA) is 0 Å². The fourth-order valence-corrected chi connectivity index (χ4v) is 15.5. The van der Waals surface area contributed by atoms with E-state index in [1.165, 1.54) is 188 Å². The summed E-state index contributed by atoms with van der Waals surface area (Å²) in [5.74, 6) is 0. The van der Waals surface area contributed by atoms with Crippen molar-refractivity contribution in [3.8, 4) is 156 Å². The molecule has 0 bridgehead atoms. The third-order valence-corrected chi connectivity index (χ3v) is 19.1. The molecule has 90 heavy (non-hydrogen) atoms. The molecule has 0 fully saturated rings. The van der Waals surface area contributed by atoms with Crippen LogP contribution in [0.5, 0.6) is 0 Å². The molecular formula is C90H56. The Morgan fingerprint density at radius 2 is 0.344 bits per heavy atom. The van der Waals surface area contributed by atoms with Crippen molar-refractivity contribution in [2.24, 2.45) is 0 Å². The van der Waals surface area contributed by atoms with Crippen molar-refractivity contribution in [2.45, 2.75) is 0 Å². The highest BCUT2D eigenvalue weighted by Crippen LogP contribution is 2.64. The molecule has 0 spiro atoms. The van der Waals surface area contributed by atoms with Gasteiger partial charge in [-0.2, -0.15) is 0 Å². The minimum absolute atomic E-state index is 1.20. The zero-order chi connectivity index (χ0) is 59.2. The van der Waals surface area contributed by atoms with Crippen molar-refractivity contribution in [1.29, 1.82) is 0 Å². The van der Waals surface area contributed by atoms with Gasteiger partial charge in [0.25, 0.3) is 0 Å². The van der Waals surface area contributed by atoms with Gasteiger partial charge in [-0.3, -0.25) is 0 Å². The summed E-state index contributed by atoms with van der Waals surface area (Å²) < 4.78 is 0. The minimum Gasteiger partial charge on any atom is -0.0622 e. The molecule has 0 aliphatic heterocycles. The predicted molar refractivity (Wildman–Crippen MR) is 382 cm³/mol. The first-order valence-corrected chi connectivity index (χ1v) is 31.3. The van der Waals surface area contributed by atoms with Gasteiger partial charge in [0, 0.05) is 0 Å². The van der Waals surface area contributed by atoms with Crippen LogP contribution in [0.1, 0.15) is 0 Å². The summed E-state index contributed by atoms with van der Waals surface area (Å²) in [6.07, 6.45) is 0. The van der Waals surface area contributed by atoms with Gasteiger partial charge in [-0.15, -0.1) is 0 Å². The van der Waals surface area contributed by atoms with Crippen LogP contribution in [0.3, 0.4) is 0 Å². The summed E-state index contributed by atoms with van der Waals surface area (Å²) in [6.45, 7) is 0. The standard InChI is InChI=1S/C90H56/c1-9-27-58(28-10-1)77-79(60-31-13-3-14-32-60)83(64-39-21-7-22-40-64)89-75-53-51-69(71-43-25-45-73(85(71)75)87(89)81(77)62-35-17-5-18-36-62)66-49-47-57-48-50-67(56-68(57)55-66)70-52-54-76-86-72(70)44-26-46-74(86)88-82(63-37-19-6-20-38-63)78(59-29-11-2-12-30-59)80(61-33-15-4-16-34-61)84(90(76)88)65-41-23-8-24-42-65/h1-56H. The second-order valence-electron chi connectivity index (χ2n) is 24.0. The first-order chi connectivity index (χ1) is 44.7. The van der Waals surface area contributed by atoms with Crippen LogP contribution in [0.4, 0.5) is 0 Å². The molecule has 0 unspecified atom stereocenters. The lowest BCUT2D eigenvalue weighted by Crippen LogP contribution is -1.99. The highest BCUT2D eigenvalue weighted by Gasteiger charge is 2.36. The Bertz CT molecular complexity index is 4930. The quantitative estimate of drug-likeness (QED) is 0.128. The van der Waals surface area contributed by atoms with Crippen LogP contribution in [0.15, 0.2) is 340 Å². The van der Waals surface area contributed by atoms with Crippen LogP contribution in [0.25, 0.3) is 188 Å². The fourth-order valence-electron chi connectivity index (χ4n) is 15.5. The van der Waals surface area contributed by atoms with E-state index in [9.17, 15) is 0 Å². The molecule has 2 aliphatic carbocycles. The largest absolute Gasteiger partial charge is 0.0622 e. The molecular weight excluding hydrogens is 1080 g/mol. The first kappa shape index (κ1) is 51.5. The lowest BCUT2D eigenvalue weighted by Gasteiger charge is -2.26. The van der Waals surface area contributed by atoms with E-state index in [1.807, 2.05) is 0 Å². The van der Waals surface area contributed by atoms with E-state index in [0.29, 0.717) is 0 Å². The number of hydrogen-bond acceptors (Lipinski definition) is 0. The summed E-state index contributed by atoms with van der Waals surface area (Å²) in [7, 11) is 0. The van der Waals surface area contributed by atoms with Gasteiger partial charge >= 0.3 is 0 Å². The molecule has 0 N–H and O–H groups in total. The summed E-state index contributed by atoms with van der Waals surface area (Å²) in [4.78, 5) is 0. The van der Waals surface area contributed by atoms with E-state index < -0.39 is 0 Å². The Kier molecular flexibility index (Phi) is 12.0. The fraction of sp³-hybridized carbons (Fsp3) is 0. The number of benzene rings is 16. The maximum absolute atomic E-state index is 2.43. The summed E-state index contributed by atoms with van der Waals surface area (Å²) >= 11 is 0. The van der Waals surface area contributed by atoms with Crippen LogP contribution in [0.2, 0.25) is 0 Å². The van der Waals surface area contributed by atoms with E-state index in [2.05, 4.69) is 340 Å². The lowest BCUT2D eigenvalue weighted by atomic mass is 9.76. The van der Waals surface area contributed by atoms with Crippen molar-refractivity contribution in [1.82, 2.24) is 0 Å². The Hall–Kier alpha value is -11.7. The highest BCUT2D eigenvalue weighted by molar-refractivity contribution is 6.29. The van der Waals surface area contributed by atoms with Crippen molar-refractivity contribution in [2.75, 3.05) is 0 Å². The molecule has 16 aromatic carbocycles. The van der Waals surface area contributed by atoms with Gasteiger partial charge in [-0.25, -0.2) is 0 Å². The molecule has 0 amide bonds.